The Kier molecular flexibility index (Phi) is 2.62. The molecule has 0 bridgehead atoms. The number of hydrogen-bond acceptors (Lipinski definition) is 2. The maximum Gasteiger partial charge on any atom is 0.0234 e. The molecule has 1 aromatic rings. The maximum atomic E-state index is 3.43. The van der Waals surface area contributed by atoms with Crippen LogP contribution in [0.3, 0.4) is 0 Å². The lowest BCUT2D eigenvalue weighted by Crippen LogP contribution is -2.32. The van der Waals surface area contributed by atoms with Gasteiger partial charge in [-0.15, -0.1) is 0 Å². The van der Waals surface area contributed by atoms with Gasteiger partial charge in [-0.2, -0.15) is 0 Å². The van der Waals surface area contributed by atoms with E-state index in [1.165, 1.54) is 11.1 Å². The highest BCUT2D eigenvalue weighted by Gasteiger charge is 2.07. The molecule has 13 heavy (non-hydrogen) atoms. The lowest BCUT2D eigenvalue weighted by Gasteiger charge is -2.22. The third-order valence-electron chi connectivity index (χ3n) is 2.54. The summed E-state index contributed by atoms with van der Waals surface area (Å²) in [4.78, 5) is 2.35. The lowest BCUT2D eigenvalue weighted by atomic mass is 10.1. The molecule has 1 aliphatic rings. The molecule has 0 radical (unpaired) electrons. The topological polar surface area (TPSA) is 15.3 Å². The number of likely N-dealkylation sites (N-methyl/N-ethyl adjacent to an activating group) is 1. The third-order valence-corrected chi connectivity index (χ3v) is 2.54. The van der Waals surface area contributed by atoms with Crippen molar-refractivity contribution in [1.29, 1.82) is 0 Å². The van der Waals surface area contributed by atoms with E-state index in [1.54, 1.807) is 0 Å². The van der Waals surface area contributed by atoms with Gasteiger partial charge < -0.3 is 10.2 Å². The Hall–Kier alpha value is -0.860. The highest BCUT2D eigenvalue weighted by molar-refractivity contribution is 5.27. The summed E-state index contributed by atoms with van der Waals surface area (Å²) in [6.45, 7) is 4.32. The van der Waals surface area contributed by atoms with Gasteiger partial charge in [0.15, 0.2) is 0 Å². The number of fused-ring (bicyclic) bond motifs is 1. The number of nitrogens with one attached hydrogen (secondary N) is 1. The maximum absolute atomic E-state index is 3.43. The summed E-state index contributed by atoms with van der Waals surface area (Å²) in [6.07, 6.45) is 0. The zero-order chi connectivity index (χ0) is 9.10. The standard InChI is InChI=1S/C11H16N2/c1-13-7-6-12-8-10-4-2-3-5-11(10)9-13/h2-5,12H,6-9H2,1H3. The second-order valence-corrected chi connectivity index (χ2v) is 3.68. The van der Waals surface area contributed by atoms with E-state index in [0.29, 0.717) is 0 Å². The summed E-state index contributed by atoms with van der Waals surface area (Å²) in [5, 5.41) is 3.43. The van der Waals surface area contributed by atoms with E-state index in [2.05, 4.69) is 41.5 Å². The van der Waals surface area contributed by atoms with E-state index in [-0.39, 0.29) is 0 Å². The molecular formula is C11H16N2. The molecule has 0 amide bonds. The van der Waals surface area contributed by atoms with Gasteiger partial charge in [0.25, 0.3) is 0 Å². The van der Waals surface area contributed by atoms with Crippen molar-refractivity contribution >= 4 is 0 Å². The van der Waals surface area contributed by atoms with Crippen LogP contribution in [0.15, 0.2) is 24.3 Å². The molecule has 0 aromatic heterocycles. The SMILES string of the molecule is CN1CCNCc2ccccc2C1. The van der Waals surface area contributed by atoms with Crippen LogP contribution in [0.1, 0.15) is 11.1 Å². The van der Waals surface area contributed by atoms with E-state index in [4.69, 9.17) is 0 Å². The van der Waals surface area contributed by atoms with E-state index >= 15 is 0 Å². The molecule has 0 saturated heterocycles. The van der Waals surface area contributed by atoms with Crippen molar-refractivity contribution in [2.45, 2.75) is 13.1 Å². The molecule has 1 N–H and O–H groups in total. The summed E-state index contributed by atoms with van der Waals surface area (Å²) >= 11 is 0. The van der Waals surface area contributed by atoms with Crippen LogP contribution in [-0.2, 0) is 13.1 Å². The highest BCUT2D eigenvalue weighted by Crippen LogP contribution is 2.11. The molecule has 2 heteroatoms. The van der Waals surface area contributed by atoms with Crippen molar-refractivity contribution in [3.8, 4) is 0 Å². The second-order valence-electron chi connectivity index (χ2n) is 3.68. The van der Waals surface area contributed by atoms with Crippen LogP contribution in [-0.4, -0.2) is 25.0 Å². The Morgan fingerprint density at radius 3 is 2.85 bits per heavy atom. The zero-order valence-electron chi connectivity index (χ0n) is 8.09. The van der Waals surface area contributed by atoms with E-state index < -0.39 is 0 Å². The van der Waals surface area contributed by atoms with Crippen LogP contribution in [0.2, 0.25) is 0 Å². The first-order chi connectivity index (χ1) is 6.36. The minimum Gasteiger partial charge on any atom is -0.311 e. The minimum atomic E-state index is 1.02. The van der Waals surface area contributed by atoms with Crippen molar-refractivity contribution < 1.29 is 0 Å². The van der Waals surface area contributed by atoms with Gasteiger partial charge in [-0.1, -0.05) is 24.3 Å². The summed E-state index contributed by atoms with van der Waals surface area (Å²) < 4.78 is 0. The monoisotopic (exact) mass is 176 g/mol. The molecule has 1 aliphatic heterocycles. The third kappa shape index (κ3) is 2.08. The first-order valence-corrected chi connectivity index (χ1v) is 4.82. The molecule has 0 fully saturated rings. The van der Waals surface area contributed by atoms with E-state index in [1.807, 2.05) is 0 Å². The molecular weight excluding hydrogens is 160 g/mol. The molecule has 0 spiro atoms. The van der Waals surface area contributed by atoms with Gasteiger partial charge in [0.2, 0.25) is 0 Å². The Balaban J connectivity index is 2.25. The second kappa shape index (κ2) is 3.90. The predicted molar refractivity (Wildman–Crippen MR) is 54.5 cm³/mol. The molecule has 0 saturated carbocycles. The largest absolute Gasteiger partial charge is 0.311 e. The molecule has 1 heterocycles. The molecule has 2 nitrogen and oxygen atoms in total. The number of rotatable bonds is 0. The fourth-order valence-corrected chi connectivity index (χ4v) is 1.75. The Morgan fingerprint density at radius 1 is 1.23 bits per heavy atom. The summed E-state index contributed by atoms with van der Waals surface area (Å²) in [5.74, 6) is 0. The first-order valence-electron chi connectivity index (χ1n) is 4.82. The normalized spacial score (nSPS) is 18.8. The van der Waals surface area contributed by atoms with Gasteiger partial charge in [0.1, 0.15) is 0 Å². The average Bonchev–Trinajstić information content (AvgIpc) is 2.11. The summed E-state index contributed by atoms with van der Waals surface area (Å²) in [5.41, 5.74) is 2.89. The predicted octanol–water partition coefficient (Wildman–Crippen LogP) is 1.22. The fraction of sp³-hybridized carbons (Fsp3) is 0.455. The van der Waals surface area contributed by atoms with Crippen LogP contribution in [0, 0.1) is 0 Å². The van der Waals surface area contributed by atoms with Gasteiger partial charge in [-0.25, -0.2) is 0 Å². The van der Waals surface area contributed by atoms with Gasteiger partial charge >= 0.3 is 0 Å². The molecule has 70 valence electrons. The van der Waals surface area contributed by atoms with Crippen LogP contribution in [0.5, 0.6) is 0 Å². The number of nitrogens with zero attached hydrogens (tertiary/aromatic N) is 1. The van der Waals surface area contributed by atoms with E-state index in [0.717, 1.165) is 26.2 Å². The highest BCUT2D eigenvalue weighted by atomic mass is 15.1. The summed E-state index contributed by atoms with van der Waals surface area (Å²) in [6, 6.07) is 8.66. The Morgan fingerprint density at radius 2 is 2.00 bits per heavy atom. The fourth-order valence-electron chi connectivity index (χ4n) is 1.75. The first kappa shape index (κ1) is 8.73. The van der Waals surface area contributed by atoms with E-state index in [9.17, 15) is 0 Å². The number of benzene rings is 1. The Bertz CT molecular complexity index is 283. The molecule has 0 aliphatic carbocycles. The average molecular weight is 176 g/mol. The lowest BCUT2D eigenvalue weighted by molar-refractivity contribution is 0.315. The minimum absolute atomic E-state index is 1.02. The smallest absolute Gasteiger partial charge is 0.0234 e. The summed E-state index contributed by atoms with van der Waals surface area (Å²) in [7, 11) is 2.17. The molecule has 0 atom stereocenters. The van der Waals surface area contributed by atoms with Gasteiger partial charge in [-0.3, -0.25) is 0 Å². The molecule has 1 aromatic carbocycles. The molecule has 0 unspecified atom stereocenters. The quantitative estimate of drug-likeness (QED) is 0.639. The van der Waals surface area contributed by atoms with Crippen molar-refractivity contribution in [1.82, 2.24) is 10.2 Å². The van der Waals surface area contributed by atoms with Crippen molar-refractivity contribution in [3.05, 3.63) is 35.4 Å². The van der Waals surface area contributed by atoms with Gasteiger partial charge in [0, 0.05) is 26.2 Å². The van der Waals surface area contributed by atoms with Crippen molar-refractivity contribution in [2.24, 2.45) is 0 Å². The van der Waals surface area contributed by atoms with Crippen LogP contribution < -0.4 is 5.32 Å². The van der Waals surface area contributed by atoms with Crippen LogP contribution in [0.4, 0.5) is 0 Å². The van der Waals surface area contributed by atoms with Crippen molar-refractivity contribution in [3.63, 3.8) is 0 Å². The number of hydrogen-bond donors (Lipinski definition) is 1. The molecule has 2 rings (SSSR count). The van der Waals surface area contributed by atoms with Gasteiger partial charge in [0.05, 0.1) is 0 Å². The zero-order valence-corrected chi connectivity index (χ0v) is 8.09. The van der Waals surface area contributed by atoms with Crippen molar-refractivity contribution in [2.75, 3.05) is 20.1 Å². The van der Waals surface area contributed by atoms with Crippen LogP contribution in [0.25, 0.3) is 0 Å². The Labute approximate surface area is 79.6 Å². The van der Waals surface area contributed by atoms with Gasteiger partial charge in [-0.05, 0) is 18.2 Å². The van der Waals surface area contributed by atoms with Crippen LogP contribution >= 0.6 is 0 Å².